The van der Waals surface area contributed by atoms with Gasteiger partial charge in [-0.2, -0.15) is 0 Å². The molecule has 1 rings (SSSR count). The fourth-order valence-electron chi connectivity index (χ4n) is 1.60. The lowest BCUT2D eigenvalue weighted by Gasteiger charge is -2.17. The summed E-state index contributed by atoms with van der Waals surface area (Å²) < 4.78 is 4.74. The predicted octanol–water partition coefficient (Wildman–Crippen LogP) is 1.35. The normalized spacial score (nSPS) is 10.1. The van der Waals surface area contributed by atoms with Crippen LogP contribution in [-0.4, -0.2) is 44.0 Å². The summed E-state index contributed by atoms with van der Waals surface area (Å²) in [4.78, 5) is 24.7. The topological polar surface area (TPSA) is 58.6 Å². The van der Waals surface area contributed by atoms with Crippen LogP contribution >= 0.6 is 0 Å². The van der Waals surface area contributed by atoms with Crippen LogP contribution in [-0.2, 0) is 14.3 Å². The van der Waals surface area contributed by atoms with E-state index in [0.29, 0.717) is 0 Å². The summed E-state index contributed by atoms with van der Waals surface area (Å²) >= 11 is 0. The second-order valence-corrected chi connectivity index (χ2v) is 4.55. The highest BCUT2D eigenvalue weighted by Gasteiger charge is 2.13. The third kappa shape index (κ3) is 4.71. The Labute approximate surface area is 113 Å². The van der Waals surface area contributed by atoms with Crippen LogP contribution < -0.4 is 5.32 Å². The van der Waals surface area contributed by atoms with Crippen molar-refractivity contribution in [1.82, 2.24) is 4.90 Å². The average molecular weight is 264 g/mol. The molecule has 1 N–H and O–H groups in total. The lowest BCUT2D eigenvalue weighted by Crippen LogP contribution is -2.36. The molecule has 1 aromatic rings. The molecular formula is C14H20N2O3. The van der Waals surface area contributed by atoms with Crippen LogP contribution in [0.3, 0.4) is 0 Å². The van der Waals surface area contributed by atoms with Gasteiger partial charge in [-0.3, -0.25) is 9.59 Å². The van der Waals surface area contributed by atoms with Gasteiger partial charge in [0.15, 0.2) is 0 Å². The fourth-order valence-corrected chi connectivity index (χ4v) is 1.60. The third-order valence-electron chi connectivity index (χ3n) is 2.74. The number of anilines is 1. The first-order valence-corrected chi connectivity index (χ1v) is 6.04. The molecule has 0 atom stereocenters. The Morgan fingerprint density at radius 1 is 1.32 bits per heavy atom. The lowest BCUT2D eigenvalue weighted by atomic mass is 10.1. The number of nitrogens with zero attached hydrogens (tertiary/aromatic N) is 1. The number of likely N-dealkylation sites (N-methyl/N-ethyl adjacent to an activating group) is 1. The van der Waals surface area contributed by atoms with E-state index in [-0.39, 0.29) is 25.0 Å². The molecule has 0 aliphatic heterocycles. The predicted molar refractivity (Wildman–Crippen MR) is 74.1 cm³/mol. The van der Waals surface area contributed by atoms with Crippen molar-refractivity contribution in [2.24, 2.45) is 0 Å². The smallest absolute Gasteiger partial charge is 0.248 e. The van der Waals surface area contributed by atoms with Gasteiger partial charge in [0.2, 0.25) is 11.8 Å². The molecule has 0 bridgehead atoms. The summed E-state index contributed by atoms with van der Waals surface area (Å²) in [6.07, 6.45) is 0. The molecule has 0 radical (unpaired) electrons. The van der Waals surface area contributed by atoms with Crippen LogP contribution in [0.25, 0.3) is 0 Å². The highest BCUT2D eigenvalue weighted by Crippen LogP contribution is 2.16. The summed E-state index contributed by atoms with van der Waals surface area (Å²) in [6.45, 7) is 3.88. The maximum absolute atomic E-state index is 11.8. The van der Waals surface area contributed by atoms with Crippen LogP contribution in [0.15, 0.2) is 18.2 Å². The van der Waals surface area contributed by atoms with E-state index in [2.05, 4.69) is 5.32 Å². The molecule has 0 aliphatic rings. The number of nitrogens with one attached hydrogen (secondary N) is 1. The summed E-state index contributed by atoms with van der Waals surface area (Å²) in [6, 6.07) is 5.84. The number of amides is 2. The Kier molecular flexibility index (Phi) is 5.51. The zero-order valence-electron chi connectivity index (χ0n) is 11.8. The number of carbonyl (C=O) groups is 2. The second kappa shape index (κ2) is 6.89. The summed E-state index contributed by atoms with van der Waals surface area (Å²) in [5.74, 6) is -0.445. The minimum Gasteiger partial charge on any atom is -0.375 e. The monoisotopic (exact) mass is 264 g/mol. The molecule has 1 aromatic carbocycles. The molecule has 0 spiro atoms. The largest absolute Gasteiger partial charge is 0.375 e. The third-order valence-corrected chi connectivity index (χ3v) is 2.74. The molecule has 0 unspecified atom stereocenters. The molecule has 0 saturated carbocycles. The standard InChI is InChI=1S/C14H20N2O3/c1-10-5-6-11(2)12(7-10)15-13(17)8-16(3)14(18)9-19-4/h5-7H,8-9H2,1-4H3,(H,15,17). The van der Waals surface area contributed by atoms with Crippen molar-refractivity contribution >= 4 is 17.5 Å². The van der Waals surface area contributed by atoms with Gasteiger partial charge in [0.05, 0.1) is 6.54 Å². The number of carbonyl (C=O) groups excluding carboxylic acids is 2. The maximum atomic E-state index is 11.8. The SMILES string of the molecule is COCC(=O)N(C)CC(=O)Nc1cc(C)ccc1C. The first-order chi connectivity index (χ1) is 8.93. The minimum absolute atomic E-state index is 0.00950. The van der Waals surface area contributed by atoms with Crippen molar-refractivity contribution in [3.63, 3.8) is 0 Å². The van der Waals surface area contributed by atoms with Gasteiger partial charge >= 0.3 is 0 Å². The van der Waals surface area contributed by atoms with Crippen LogP contribution in [0.2, 0.25) is 0 Å². The van der Waals surface area contributed by atoms with E-state index >= 15 is 0 Å². The fraction of sp³-hybridized carbons (Fsp3) is 0.429. The number of hydrogen-bond acceptors (Lipinski definition) is 3. The molecule has 0 saturated heterocycles. The van der Waals surface area contributed by atoms with E-state index in [9.17, 15) is 9.59 Å². The Hall–Kier alpha value is -1.88. The quantitative estimate of drug-likeness (QED) is 0.873. The van der Waals surface area contributed by atoms with E-state index in [0.717, 1.165) is 16.8 Å². The zero-order chi connectivity index (χ0) is 14.4. The molecule has 5 nitrogen and oxygen atoms in total. The summed E-state index contributed by atoms with van der Waals surface area (Å²) in [5.41, 5.74) is 2.84. The van der Waals surface area contributed by atoms with E-state index < -0.39 is 0 Å². The van der Waals surface area contributed by atoms with Crippen molar-refractivity contribution < 1.29 is 14.3 Å². The number of ether oxygens (including phenoxy) is 1. The molecule has 2 amide bonds. The molecule has 104 valence electrons. The van der Waals surface area contributed by atoms with E-state index in [4.69, 9.17) is 4.74 Å². The Bertz CT molecular complexity index is 472. The van der Waals surface area contributed by atoms with Crippen molar-refractivity contribution in [2.75, 3.05) is 32.6 Å². The van der Waals surface area contributed by atoms with E-state index in [1.165, 1.54) is 12.0 Å². The van der Waals surface area contributed by atoms with Gasteiger partial charge < -0.3 is 15.0 Å². The zero-order valence-corrected chi connectivity index (χ0v) is 11.8. The molecule has 19 heavy (non-hydrogen) atoms. The van der Waals surface area contributed by atoms with Gasteiger partial charge in [-0.1, -0.05) is 12.1 Å². The van der Waals surface area contributed by atoms with Gasteiger partial charge in [-0.25, -0.2) is 0 Å². The van der Waals surface area contributed by atoms with Crippen LogP contribution in [0.1, 0.15) is 11.1 Å². The molecule has 5 heteroatoms. The second-order valence-electron chi connectivity index (χ2n) is 4.55. The Balaban J connectivity index is 2.60. The number of rotatable bonds is 5. The Morgan fingerprint density at radius 2 is 2.00 bits per heavy atom. The van der Waals surface area contributed by atoms with Gasteiger partial charge in [-0.15, -0.1) is 0 Å². The van der Waals surface area contributed by atoms with E-state index in [1.54, 1.807) is 7.05 Å². The molecule has 0 heterocycles. The number of benzene rings is 1. The maximum Gasteiger partial charge on any atom is 0.248 e. The number of methoxy groups -OCH3 is 1. The van der Waals surface area contributed by atoms with Crippen molar-refractivity contribution in [1.29, 1.82) is 0 Å². The van der Waals surface area contributed by atoms with Gasteiger partial charge in [-0.05, 0) is 31.0 Å². The molecule has 0 fully saturated rings. The summed E-state index contributed by atoms with van der Waals surface area (Å²) in [7, 11) is 3.02. The van der Waals surface area contributed by atoms with Crippen LogP contribution in [0.4, 0.5) is 5.69 Å². The molecule has 0 aromatic heterocycles. The lowest BCUT2D eigenvalue weighted by molar-refractivity contribution is -0.136. The van der Waals surface area contributed by atoms with Gasteiger partial charge in [0, 0.05) is 19.8 Å². The first-order valence-electron chi connectivity index (χ1n) is 6.04. The van der Waals surface area contributed by atoms with Crippen molar-refractivity contribution in [3.05, 3.63) is 29.3 Å². The number of aryl methyl sites for hydroxylation is 2. The van der Waals surface area contributed by atoms with E-state index in [1.807, 2.05) is 32.0 Å². The highest BCUT2D eigenvalue weighted by atomic mass is 16.5. The number of hydrogen-bond donors (Lipinski definition) is 1. The van der Waals surface area contributed by atoms with Crippen molar-refractivity contribution in [2.45, 2.75) is 13.8 Å². The van der Waals surface area contributed by atoms with Crippen LogP contribution in [0, 0.1) is 13.8 Å². The Morgan fingerprint density at radius 3 is 2.63 bits per heavy atom. The molecular weight excluding hydrogens is 244 g/mol. The molecule has 0 aliphatic carbocycles. The first kappa shape index (κ1) is 15.2. The van der Waals surface area contributed by atoms with Gasteiger partial charge in [0.25, 0.3) is 0 Å². The average Bonchev–Trinajstić information content (AvgIpc) is 2.34. The summed E-state index contributed by atoms with van der Waals surface area (Å²) in [5, 5.41) is 2.81. The van der Waals surface area contributed by atoms with Crippen LogP contribution in [0.5, 0.6) is 0 Å². The van der Waals surface area contributed by atoms with Crippen molar-refractivity contribution in [3.8, 4) is 0 Å². The van der Waals surface area contributed by atoms with Gasteiger partial charge in [0.1, 0.15) is 6.61 Å². The minimum atomic E-state index is -0.224. The highest BCUT2D eigenvalue weighted by molar-refractivity contribution is 5.95.